The Morgan fingerprint density at radius 1 is 1.00 bits per heavy atom. The molecule has 24 heavy (non-hydrogen) atoms. The Morgan fingerprint density at radius 2 is 1.58 bits per heavy atom. The number of rotatable bonds is 4. The fourth-order valence-electron chi connectivity index (χ4n) is 2.04. The molecular formula is C17H15Cl4NO2. The third-order valence-electron chi connectivity index (χ3n) is 3.52. The number of halogens is 4. The van der Waals surface area contributed by atoms with E-state index in [4.69, 9.17) is 51.1 Å². The normalized spacial score (nSPS) is 10.6. The number of aryl methyl sites for hydroxylation is 1. The quantitative estimate of drug-likeness (QED) is 0.652. The summed E-state index contributed by atoms with van der Waals surface area (Å²) in [5, 5.41) is 4.34. The summed E-state index contributed by atoms with van der Waals surface area (Å²) in [6, 6.07) is 5.25. The highest BCUT2D eigenvalue weighted by Crippen LogP contribution is 2.42. The number of benzene rings is 2. The van der Waals surface area contributed by atoms with Crippen molar-refractivity contribution in [2.75, 3.05) is 11.9 Å². The van der Waals surface area contributed by atoms with E-state index in [-0.39, 0.29) is 18.3 Å². The molecule has 0 heterocycles. The summed E-state index contributed by atoms with van der Waals surface area (Å²) in [5.74, 6) is -0.109. The molecular weight excluding hydrogens is 392 g/mol. The van der Waals surface area contributed by atoms with Gasteiger partial charge in [0.05, 0.1) is 10.0 Å². The molecule has 0 aliphatic heterocycles. The van der Waals surface area contributed by atoms with Crippen LogP contribution in [0.15, 0.2) is 18.2 Å². The SMILES string of the molecule is Cc1ccc(NC(=O)COc2c(Cl)c(C)c(Cl)c(C)c2Cl)cc1Cl. The number of nitrogens with one attached hydrogen (secondary N) is 1. The first-order valence-corrected chi connectivity index (χ1v) is 8.56. The van der Waals surface area contributed by atoms with Gasteiger partial charge in [0.2, 0.25) is 0 Å². The van der Waals surface area contributed by atoms with Crippen LogP contribution in [0, 0.1) is 20.8 Å². The van der Waals surface area contributed by atoms with Gasteiger partial charge in [0.15, 0.2) is 12.4 Å². The van der Waals surface area contributed by atoms with Crippen LogP contribution < -0.4 is 10.1 Å². The Kier molecular flexibility index (Phi) is 6.27. The fraction of sp³-hybridized carbons (Fsp3) is 0.235. The Morgan fingerprint density at radius 3 is 2.12 bits per heavy atom. The first-order valence-electron chi connectivity index (χ1n) is 7.04. The predicted molar refractivity (Wildman–Crippen MR) is 101 cm³/mol. The maximum absolute atomic E-state index is 12.0. The highest BCUT2D eigenvalue weighted by molar-refractivity contribution is 6.42. The van der Waals surface area contributed by atoms with Crippen LogP contribution in [0.1, 0.15) is 16.7 Å². The van der Waals surface area contributed by atoms with E-state index in [1.54, 1.807) is 26.0 Å². The lowest BCUT2D eigenvalue weighted by molar-refractivity contribution is -0.118. The van der Waals surface area contributed by atoms with Crippen molar-refractivity contribution in [3.8, 4) is 5.75 Å². The second-order valence-corrected chi connectivity index (χ2v) is 6.86. The second-order valence-electron chi connectivity index (χ2n) is 5.32. The minimum atomic E-state index is -0.354. The molecule has 0 saturated heterocycles. The smallest absolute Gasteiger partial charge is 0.262 e. The molecule has 0 spiro atoms. The molecule has 0 aliphatic rings. The maximum atomic E-state index is 12.0. The Hall–Kier alpha value is -1.13. The zero-order valence-corrected chi connectivity index (χ0v) is 16.3. The van der Waals surface area contributed by atoms with E-state index in [0.29, 0.717) is 36.9 Å². The van der Waals surface area contributed by atoms with Crippen molar-refractivity contribution in [1.29, 1.82) is 0 Å². The molecule has 0 fully saturated rings. The molecule has 1 amide bonds. The van der Waals surface area contributed by atoms with E-state index in [2.05, 4.69) is 5.32 Å². The van der Waals surface area contributed by atoms with E-state index in [9.17, 15) is 4.79 Å². The molecule has 0 aliphatic carbocycles. The van der Waals surface area contributed by atoms with Crippen molar-refractivity contribution in [3.63, 3.8) is 0 Å². The number of anilines is 1. The van der Waals surface area contributed by atoms with E-state index in [0.717, 1.165) is 5.56 Å². The molecule has 0 unspecified atom stereocenters. The summed E-state index contributed by atoms with van der Waals surface area (Å²) in [7, 11) is 0. The molecule has 2 aromatic carbocycles. The highest BCUT2D eigenvalue weighted by atomic mass is 35.5. The van der Waals surface area contributed by atoms with Crippen molar-refractivity contribution < 1.29 is 9.53 Å². The van der Waals surface area contributed by atoms with Crippen molar-refractivity contribution in [2.45, 2.75) is 20.8 Å². The highest BCUT2D eigenvalue weighted by Gasteiger charge is 2.18. The van der Waals surface area contributed by atoms with Crippen LogP contribution in [0.4, 0.5) is 5.69 Å². The van der Waals surface area contributed by atoms with Gasteiger partial charge in [-0.25, -0.2) is 0 Å². The summed E-state index contributed by atoms with van der Waals surface area (Å²) in [6.45, 7) is 5.15. The molecule has 2 rings (SSSR count). The van der Waals surface area contributed by atoms with E-state index < -0.39 is 0 Å². The third kappa shape index (κ3) is 4.09. The lowest BCUT2D eigenvalue weighted by atomic mass is 10.1. The minimum absolute atomic E-state index is 0.245. The number of ether oxygens (including phenoxy) is 1. The summed E-state index contributed by atoms with van der Waals surface area (Å²) in [4.78, 5) is 12.0. The average molecular weight is 407 g/mol. The van der Waals surface area contributed by atoms with Crippen LogP contribution in [-0.4, -0.2) is 12.5 Å². The number of hydrogen-bond acceptors (Lipinski definition) is 2. The van der Waals surface area contributed by atoms with Crippen LogP contribution in [0.25, 0.3) is 0 Å². The van der Waals surface area contributed by atoms with Gasteiger partial charge in [0.1, 0.15) is 0 Å². The monoisotopic (exact) mass is 405 g/mol. The van der Waals surface area contributed by atoms with Crippen LogP contribution >= 0.6 is 46.4 Å². The molecule has 3 nitrogen and oxygen atoms in total. The van der Waals surface area contributed by atoms with Gasteiger partial charge in [0.25, 0.3) is 5.91 Å². The van der Waals surface area contributed by atoms with Crippen molar-refractivity contribution in [2.24, 2.45) is 0 Å². The van der Waals surface area contributed by atoms with E-state index >= 15 is 0 Å². The van der Waals surface area contributed by atoms with Crippen molar-refractivity contribution in [3.05, 3.63) is 55.0 Å². The van der Waals surface area contributed by atoms with Gasteiger partial charge >= 0.3 is 0 Å². The van der Waals surface area contributed by atoms with Gasteiger partial charge in [-0.05, 0) is 49.6 Å². The summed E-state index contributed by atoms with van der Waals surface area (Å²) in [5.41, 5.74) is 2.82. The summed E-state index contributed by atoms with van der Waals surface area (Å²) < 4.78 is 5.50. The first-order chi connectivity index (χ1) is 11.2. The number of carbonyl (C=O) groups is 1. The number of amides is 1. The second kappa shape index (κ2) is 7.83. The lowest BCUT2D eigenvalue weighted by Gasteiger charge is -2.15. The largest absolute Gasteiger partial charge is 0.481 e. The standard InChI is InChI=1S/C17H15Cl4NO2/c1-8-4-5-11(6-12(8)18)22-13(23)7-24-17-15(20)9(2)14(19)10(3)16(17)21/h4-6H,7H2,1-3H3,(H,22,23). The van der Waals surface area contributed by atoms with E-state index in [1.807, 2.05) is 13.0 Å². The molecule has 1 N–H and O–H groups in total. The molecule has 128 valence electrons. The molecule has 0 bridgehead atoms. The summed E-state index contributed by atoms with van der Waals surface area (Å²) >= 11 is 24.6. The molecule has 0 atom stereocenters. The molecule has 0 radical (unpaired) electrons. The van der Waals surface area contributed by atoms with Crippen LogP contribution in [0.5, 0.6) is 5.75 Å². The van der Waals surface area contributed by atoms with E-state index in [1.165, 1.54) is 0 Å². The molecule has 0 saturated carbocycles. The summed E-state index contributed by atoms with van der Waals surface area (Å²) in [6.07, 6.45) is 0. The maximum Gasteiger partial charge on any atom is 0.262 e. The van der Waals surface area contributed by atoms with Gasteiger partial charge in [-0.15, -0.1) is 0 Å². The zero-order chi connectivity index (χ0) is 18.0. The molecule has 7 heteroatoms. The minimum Gasteiger partial charge on any atom is -0.481 e. The van der Waals surface area contributed by atoms with Gasteiger partial charge in [-0.1, -0.05) is 52.5 Å². The van der Waals surface area contributed by atoms with Crippen molar-refractivity contribution >= 4 is 58.0 Å². The molecule has 0 aromatic heterocycles. The van der Waals surface area contributed by atoms with Gasteiger partial charge < -0.3 is 10.1 Å². The van der Waals surface area contributed by atoms with Gasteiger partial charge in [0, 0.05) is 15.7 Å². The Labute approximate surface area is 160 Å². The van der Waals surface area contributed by atoms with Crippen molar-refractivity contribution in [1.82, 2.24) is 0 Å². The van der Waals surface area contributed by atoms with Crippen LogP contribution in [0.2, 0.25) is 20.1 Å². The van der Waals surface area contributed by atoms with Crippen LogP contribution in [0.3, 0.4) is 0 Å². The van der Waals surface area contributed by atoms with Gasteiger partial charge in [-0.3, -0.25) is 4.79 Å². The number of carbonyl (C=O) groups excluding carboxylic acids is 1. The predicted octanol–water partition coefficient (Wildman–Crippen LogP) is 6.24. The average Bonchev–Trinajstić information content (AvgIpc) is 2.54. The number of hydrogen-bond donors (Lipinski definition) is 1. The van der Waals surface area contributed by atoms with Gasteiger partial charge in [-0.2, -0.15) is 0 Å². The lowest BCUT2D eigenvalue weighted by Crippen LogP contribution is -2.20. The zero-order valence-electron chi connectivity index (χ0n) is 13.3. The third-order valence-corrected chi connectivity index (χ3v) is 5.40. The first kappa shape index (κ1) is 19.2. The van der Waals surface area contributed by atoms with Crippen LogP contribution in [-0.2, 0) is 4.79 Å². The Balaban J connectivity index is 2.11. The Bertz CT molecular complexity index is 777. The topological polar surface area (TPSA) is 38.3 Å². The fourth-order valence-corrected chi connectivity index (χ4v) is 3.04. The molecule has 2 aromatic rings.